The fourth-order valence-corrected chi connectivity index (χ4v) is 12.2. The van der Waals surface area contributed by atoms with Gasteiger partial charge in [-0.25, -0.2) is 0 Å². The van der Waals surface area contributed by atoms with Gasteiger partial charge in [-0.2, -0.15) is 0 Å². The van der Waals surface area contributed by atoms with Crippen LogP contribution in [0.2, 0.25) is 0 Å². The molecular formula is C62H90O7P2. The molecule has 4 atom stereocenters. The van der Waals surface area contributed by atoms with Crippen molar-refractivity contribution >= 4 is 60.4 Å². The highest BCUT2D eigenvalue weighted by molar-refractivity contribution is 7.32. The zero-order valence-corrected chi connectivity index (χ0v) is 50.5. The first-order chi connectivity index (χ1) is 32.0. The largest absolute Gasteiger partial charge is 0.399 e. The Morgan fingerprint density at radius 1 is 0.310 bits per heavy atom. The van der Waals surface area contributed by atoms with Crippen molar-refractivity contribution in [2.75, 3.05) is 0 Å². The van der Waals surface area contributed by atoms with Crippen molar-refractivity contribution < 1.29 is 30.6 Å². The molecule has 0 spiro atoms. The Kier molecular flexibility index (Phi) is 14.1. The summed E-state index contributed by atoms with van der Waals surface area (Å²) in [7, 11) is -4.15. The van der Waals surface area contributed by atoms with Gasteiger partial charge < -0.3 is 21.5 Å². The summed E-state index contributed by atoms with van der Waals surface area (Å²) >= 11 is 0. The zero-order valence-electron chi connectivity index (χ0n) is 48.7. The molecule has 2 aromatic heterocycles. The molecule has 3 heterocycles. The highest BCUT2D eigenvalue weighted by Gasteiger charge is 2.45. The third-order valence-electron chi connectivity index (χ3n) is 14.4. The van der Waals surface area contributed by atoms with Gasteiger partial charge in [0.05, 0.1) is 12.2 Å². The van der Waals surface area contributed by atoms with Crippen molar-refractivity contribution in [3.05, 3.63) is 93.0 Å². The van der Waals surface area contributed by atoms with Gasteiger partial charge in [-0.15, -0.1) is 0 Å². The predicted octanol–water partition coefficient (Wildman–Crippen LogP) is 19.4. The van der Waals surface area contributed by atoms with Gasteiger partial charge in [0.1, 0.15) is 34.5 Å². The van der Waals surface area contributed by atoms with E-state index in [0.717, 1.165) is 66.1 Å². The van der Waals surface area contributed by atoms with Gasteiger partial charge in [0.2, 0.25) is 0 Å². The molecule has 71 heavy (non-hydrogen) atoms. The molecule has 4 aromatic carbocycles. The standard InChI is InChI=1S/C62H90O7P2/c1-35-49(64-70-66-51-41(27-37(55(3,4)5)31-45(51)59(15,16)17)42-28-38(56(6,7)8)32-46(52(42)67-70)60(18,19)20)50(36(2)63-35)65-71-68-53-43(29-39(57(9,10)11)33-47(53)61(21,22)23)44-30-40(58(12,13)14)34-48(54(44)69-71)62(24,25)26/h27-36,49-50H,1-26H3/t35-,36-,49+,50+/m1/s1. The minimum absolute atomic E-state index is 0.120. The molecule has 1 aliphatic rings. The van der Waals surface area contributed by atoms with Crippen LogP contribution in [0.5, 0.6) is 0 Å². The number of hydrogen-bond donors (Lipinski definition) is 0. The summed E-state index contributed by atoms with van der Waals surface area (Å²) in [5.41, 5.74) is 11.0. The normalized spacial score (nSPS) is 19.2. The van der Waals surface area contributed by atoms with E-state index in [1.807, 2.05) is 0 Å². The Morgan fingerprint density at radius 3 is 0.676 bits per heavy atom. The number of benzene rings is 4. The number of hydrogen-bond acceptors (Lipinski definition) is 7. The van der Waals surface area contributed by atoms with Crippen molar-refractivity contribution in [2.45, 2.75) is 248 Å². The van der Waals surface area contributed by atoms with E-state index in [2.05, 4.69) is 229 Å². The quantitative estimate of drug-likeness (QED) is 0.174. The van der Waals surface area contributed by atoms with Gasteiger partial charge in [0, 0.05) is 43.8 Å². The molecule has 0 unspecified atom stereocenters. The molecule has 7 nitrogen and oxygen atoms in total. The first-order valence-corrected chi connectivity index (χ1v) is 28.3. The van der Waals surface area contributed by atoms with Crippen LogP contribution in [0.4, 0.5) is 0 Å². The van der Waals surface area contributed by atoms with Crippen LogP contribution in [-0.4, -0.2) is 24.4 Å². The lowest BCUT2D eigenvalue weighted by Crippen LogP contribution is -2.39. The maximum atomic E-state index is 7.32. The molecule has 0 N–H and O–H groups in total. The molecule has 7 rings (SSSR count). The highest BCUT2D eigenvalue weighted by atomic mass is 31.1. The Balaban J connectivity index is 1.54. The fraction of sp³-hybridized carbons (Fsp3) is 0.613. The maximum absolute atomic E-state index is 7.32. The molecule has 1 fully saturated rings. The Bertz CT molecular complexity index is 2680. The molecule has 9 heteroatoms. The van der Waals surface area contributed by atoms with Crippen LogP contribution in [0.3, 0.4) is 0 Å². The molecule has 0 radical (unpaired) electrons. The molecule has 0 aliphatic carbocycles. The minimum Gasteiger partial charge on any atom is -0.399 e. The van der Waals surface area contributed by atoms with Crippen molar-refractivity contribution in [3.63, 3.8) is 0 Å². The molecule has 0 saturated carbocycles. The Labute approximate surface area is 429 Å². The minimum atomic E-state index is -2.08. The predicted molar refractivity (Wildman–Crippen MR) is 303 cm³/mol. The second-order valence-electron chi connectivity index (χ2n) is 29.1. The summed E-state index contributed by atoms with van der Waals surface area (Å²) in [5, 5.41) is 4.09. The molecular weight excluding hydrogens is 919 g/mol. The van der Waals surface area contributed by atoms with Gasteiger partial charge in [-0.3, -0.25) is 9.05 Å². The molecule has 0 amide bonds. The van der Waals surface area contributed by atoms with Crippen molar-refractivity contribution in [1.29, 1.82) is 0 Å². The summed E-state index contributed by atoms with van der Waals surface area (Å²) in [4.78, 5) is 0. The van der Waals surface area contributed by atoms with Gasteiger partial charge in [0.15, 0.2) is 0 Å². The monoisotopic (exact) mass is 1010 g/mol. The van der Waals surface area contributed by atoms with E-state index in [4.69, 9.17) is 30.6 Å². The van der Waals surface area contributed by atoms with Crippen LogP contribution < -0.4 is 9.05 Å². The fourth-order valence-electron chi connectivity index (χ4n) is 9.61. The first-order valence-electron chi connectivity index (χ1n) is 26.1. The van der Waals surface area contributed by atoms with Crippen LogP contribution in [0.25, 0.3) is 43.9 Å². The first kappa shape index (κ1) is 55.3. The second-order valence-corrected chi connectivity index (χ2v) is 31.1. The molecule has 0 bridgehead atoms. The number of fused-ring (bicyclic) bond motifs is 6. The Hall–Kier alpha value is -3.44. The van der Waals surface area contributed by atoms with Crippen LogP contribution in [-0.2, 0) is 48.1 Å². The lowest BCUT2D eigenvalue weighted by Gasteiger charge is -2.27. The van der Waals surface area contributed by atoms with Gasteiger partial charge in [-0.05, 0) is 104 Å². The average molecular weight is 1010 g/mol. The summed E-state index contributed by atoms with van der Waals surface area (Å²) in [6, 6.07) is 18.6. The molecule has 6 aromatic rings. The van der Waals surface area contributed by atoms with E-state index < -0.39 is 28.7 Å². The summed E-state index contributed by atoms with van der Waals surface area (Å²) in [6.07, 6.45) is -1.95. The smallest absolute Gasteiger partial charge is 0.387 e. The third kappa shape index (κ3) is 11.3. The van der Waals surface area contributed by atoms with Crippen molar-refractivity contribution in [3.8, 4) is 0 Å². The van der Waals surface area contributed by atoms with E-state index >= 15 is 0 Å². The maximum Gasteiger partial charge on any atom is 0.387 e. The van der Waals surface area contributed by atoms with Crippen LogP contribution in [0.15, 0.2) is 65.3 Å². The lowest BCUT2D eigenvalue weighted by atomic mass is 9.77. The van der Waals surface area contributed by atoms with E-state index in [0.29, 0.717) is 0 Å². The molecule has 390 valence electrons. The SMILES string of the molecule is C[C@H]1O[C@H](C)[C@H](Op2oc3c(C(C)(C)C)cc(C(C)(C)C)cc3c3cc(C(C)(C)C)cc(C(C)(C)C)c3o2)[C@H]1Op1oc2c(C(C)(C)C)cc(C(C)(C)C)cc2c2cc(C(C)(C)C)cc(C(C)(C)C)c2o1. The van der Waals surface area contributed by atoms with Crippen LogP contribution >= 0.6 is 16.5 Å². The van der Waals surface area contributed by atoms with Crippen molar-refractivity contribution in [2.24, 2.45) is 0 Å². The number of ether oxygens (including phenoxy) is 1. The van der Waals surface area contributed by atoms with E-state index in [9.17, 15) is 0 Å². The Morgan fingerprint density at radius 2 is 0.507 bits per heavy atom. The second kappa shape index (κ2) is 18.1. The lowest BCUT2D eigenvalue weighted by molar-refractivity contribution is 0.0386. The van der Waals surface area contributed by atoms with E-state index in [1.165, 1.54) is 22.3 Å². The van der Waals surface area contributed by atoms with Crippen LogP contribution in [0, 0.1) is 0 Å². The van der Waals surface area contributed by atoms with E-state index in [1.54, 1.807) is 0 Å². The van der Waals surface area contributed by atoms with Gasteiger partial charge >= 0.3 is 16.5 Å². The highest BCUT2D eigenvalue weighted by Crippen LogP contribution is 2.49. The topological polar surface area (TPSA) is 80.2 Å². The number of rotatable bonds is 4. The van der Waals surface area contributed by atoms with Gasteiger partial charge in [0.25, 0.3) is 0 Å². The van der Waals surface area contributed by atoms with Gasteiger partial charge in [-0.1, -0.05) is 190 Å². The molecule has 1 aliphatic heterocycles. The zero-order chi connectivity index (χ0) is 53.3. The average Bonchev–Trinajstić information content (AvgIpc) is 3.29. The summed E-state index contributed by atoms with van der Waals surface area (Å²) in [5.74, 6) is 0. The summed E-state index contributed by atoms with van der Waals surface area (Å²) in [6.45, 7) is 58.6. The van der Waals surface area contributed by atoms with Crippen molar-refractivity contribution in [1.82, 2.24) is 0 Å². The van der Waals surface area contributed by atoms with Crippen LogP contribution in [0.1, 0.15) is 225 Å². The molecule has 1 saturated heterocycles. The summed E-state index contributed by atoms with van der Waals surface area (Å²) < 4.78 is 50.5. The van der Waals surface area contributed by atoms with E-state index in [-0.39, 0.29) is 55.5 Å². The third-order valence-corrected chi connectivity index (χ3v) is 16.5.